The molecule has 0 saturated carbocycles. The lowest BCUT2D eigenvalue weighted by Gasteiger charge is -2.06. The van der Waals surface area contributed by atoms with E-state index in [0.29, 0.717) is 17.6 Å². The second-order valence-electron chi connectivity index (χ2n) is 4.36. The van der Waals surface area contributed by atoms with E-state index >= 15 is 0 Å². The molecule has 20 heavy (non-hydrogen) atoms. The summed E-state index contributed by atoms with van der Waals surface area (Å²) in [6.07, 6.45) is 1.02. The lowest BCUT2D eigenvalue weighted by Crippen LogP contribution is -2.01. The van der Waals surface area contributed by atoms with Gasteiger partial charge in [-0.2, -0.15) is 0 Å². The minimum atomic E-state index is 0.318. The Morgan fingerprint density at radius 1 is 1.15 bits per heavy atom. The van der Waals surface area contributed by atoms with Crippen molar-refractivity contribution in [3.8, 4) is 5.75 Å². The molecule has 0 amide bonds. The lowest BCUT2D eigenvalue weighted by molar-refractivity contribution is 0.296. The summed E-state index contributed by atoms with van der Waals surface area (Å²) in [4.78, 5) is 9.59. The molecule has 0 N–H and O–H groups in total. The van der Waals surface area contributed by atoms with E-state index in [-0.39, 0.29) is 0 Å². The number of aromatic nitrogens is 2. The van der Waals surface area contributed by atoms with Gasteiger partial charge in [-0.15, -0.1) is 11.3 Å². The third-order valence-electron chi connectivity index (χ3n) is 3.02. The molecule has 0 aliphatic carbocycles. The summed E-state index contributed by atoms with van der Waals surface area (Å²) >= 11 is 7.68. The molecule has 3 rings (SSSR count). The molecule has 0 aliphatic rings. The van der Waals surface area contributed by atoms with Gasteiger partial charge in [0.25, 0.3) is 0 Å². The first-order chi connectivity index (χ1) is 9.76. The highest BCUT2D eigenvalue weighted by atomic mass is 35.5. The van der Waals surface area contributed by atoms with Gasteiger partial charge in [-0.05, 0) is 35.6 Å². The summed E-state index contributed by atoms with van der Waals surface area (Å²) in [5.74, 6) is 1.41. The van der Waals surface area contributed by atoms with Gasteiger partial charge >= 0.3 is 0 Å². The molecule has 0 fully saturated rings. The van der Waals surface area contributed by atoms with Gasteiger partial charge in [-0.25, -0.2) is 9.97 Å². The molecular weight excluding hydrogens is 292 g/mol. The van der Waals surface area contributed by atoms with Crippen molar-refractivity contribution >= 4 is 33.2 Å². The zero-order valence-corrected chi connectivity index (χ0v) is 12.5. The van der Waals surface area contributed by atoms with Crippen LogP contribution in [0.25, 0.3) is 10.2 Å². The van der Waals surface area contributed by atoms with Crippen LogP contribution in [0.1, 0.15) is 18.3 Å². The number of thiophene rings is 1. The Labute approximate surface area is 126 Å². The normalized spacial score (nSPS) is 10.9. The molecule has 0 saturated heterocycles. The largest absolute Gasteiger partial charge is 0.486 e. The van der Waals surface area contributed by atoms with Gasteiger partial charge in [0.1, 0.15) is 22.3 Å². The topological polar surface area (TPSA) is 35.0 Å². The highest BCUT2D eigenvalue weighted by Crippen LogP contribution is 2.25. The van der Waals surface area contributed by atoms with Crippen molar-refractivity contribution in [2.45, 2.75) is 20.0 Å². The molecule has 0 radical (unpaired) electrons. The highest BCUT2D eigenvalue weighted by Gasteiger charge is 2.07. The molecule has 3 aromatic rings. The summed E-state index contributed by atoms with van der Waals surface area (Å²) in [5.41, 5.74) is 1.29. The molecule has 0 atom stereocenters. The van der Waals surface area contributed by atoms with Gasteiger partial charge in [-0.1, -0.05) is 30.7 Å². The van der Waals surface area contributed by atoms with Crippen LogP contribution in [0.4, 0.5) is 0 Å². The van der Waals surface area contributed by atoms with Crippen LogP contribution >= 0.6 is 22.9 Å². The van der Waals surface area contributed by atoms with E-state index in [1.807, 2.05) is 23.6 Å². The van der Waals surface area contributed by atoms with Crippen LogP contribution in [0.2, 0.25) is 5.15 Å². The number of aryl methyl sites for hydroxylation is 1. The van der Waals surface area contributed by atoms with Crippen molar-refractivity contribution in [3.63, 3.8) is 0 Å². The maximum atomic E-state index is 6.12. The maximum Gasteiger partial charge on any atom is 0.169 e. The van der Waals surface area contributed by atoms with Crippen LogP contribution in [-0.4, -0.2) is 9.97 Å². The second kappa shape index (κ2) is 5.77. The van der Waals surface area contributed by atoms with Crippen LogP contribution in [0.3, 0.4) is 0 Å². The molecule has 102 valence electrons. The summed E-state index contributed by atoms with van der Waals surface area (Å²) in [5, 5.41) is 3.34. The summed E-state index contributed by atoms with van der Waals surface area (Å²) in [6, 6.07) is 9.97. The Morgan fingerprint density at radius 2 is 1.95 bits per heavy atom. The Morgan fingerprint density at radius 3 is 2.70 bits per heavy atom. The molecular formula is C15H13ClN2OS. The standard InChI is InChI=1S/C15H13ClN2OS/c1-2-10-3-5-11(6-4-10)19-9-13-17-14(16)12-7-8-20-15(12)18-13/h3-8H,2,9H2,1H3. The smallest absolute Gasteiger partial charge is 0.169 e. The lowest BCUT2D eigenvalue weighted by atomic mass is 10.2. The quantitative estimate of drug-likeness (QED) is 0.666. The zero-order chi connectivity index (χ0) is 13.9. The average Bonchev–Trinajstić information content (AvgIpc) is 2.94. The molecule has 0 spiro atoms. The van der Waals surface area contributed by atoms with Gasteiger partial charge < -0.3 is 4.74 Å². The molecule has 0 aliphatic heterocycles. The summed E-state index contributed by atoms with van der Waals surface area (Å²) in [6.45, 7) is 2.45. The van der Waals surface area contributed by atoms with Gasteiger partial charge in [0.05, 0.1) is 0 Å². The van der Waals surface area contributed by atoms with E-state index in [9.17, 15) is 0 Å². The fourth-order valence-electron chi connectivity index (χ4n) is 1.89. The Balaban J connectivity index is 1.75. The van der Waals surface area contributed by atoms with Crippen molar-refractivity contribution in [2.75, 3.05) is 0 Å². The van der Waals surface area contributed by atoms with E-state index in [1.54, 1.807) is 11.3 Å². The predicted octanol–water partition coefficient (Wildman–Crippen LogP) is 4.49. The number of nitrogens with zero attached hydrogens (tertiary/aromatic N) is 2. The molecule has 2 aromatic heterocycles. The van der Waals surface area contributed by atoms with E-state index in [1.165, 1.54) is 5.56 Å². The Kier molecular flexibility index (Phi) is 3.85. The van der Waals surface area contributed by atoms with Crippen molar-refractivity contribution in [3.05, 3.63) is 52.3 Å². The summed E-state index contributed by atoms with van der Waals surface area (Å²) in [7, 11) is 0. The molecule has 1 aromatic carbocycles. The van der Waals surface area contributed by atoms with Gasteiger partial charge in [0.15, 0.2) is 5.82 Å². The van der Waals surface area contributed by atoms with E-state index in [4.69, 9.17) is 16.3 Å². The molecule has 0 bridgehead atoms. The first kappa shape index (κ1) is 13.3. The Bertz CT molecular complexity index is 724. The molecule has 0 unspecified atom stereocenters. The van der Waals surface area contributed by atoms with Crippen molar-refractivity contribution < 1.29 is 4.74 Å². The second-order valence-corrected chi connectivity index (χ2v) is 5.61. The zero-order valence-electron chi connectivity index (χ0n) is 11.0. The fraction of sp³-hybridized carbons (Fsp3) is 0.200. The van der Waals surface area contributed by atoms with Crippen LogP contribution in [0.5, 0.6) is 5.75 Å². The van der Waals surface area contributed by atoms with Crippen molar-refractivity contribution in [1.29, 1.82) is 0 Å². The minimum Gasteiger partial charge on any atom is -0.486 e. The third kappa shape index (κ3) is 2.76. The molecule has 3 nitrogen and oxygen atoms in total. The maximum absolute atomic E-state index is 6.12. The number of rotatable bonds is 4. The first-order valence-corrected chi connectivity index (χ1v) is 7.63. The molecule has 2 heterocycles. The van der Waals surface area contributed by atoms with E-state index < -0.39 is 0 Å². The number of hydrogen-bond acceptors (Lipinski definition) is 4. The number of halogens is 1. The predicted molar refractivity (Wildman–Crippen MR) is 82.6 cm³/mol. The average molecular weight is 305 g/mol. The number of ether oxygens (including phenoxy) is 1. The van der Waals surface area contributed by atoms with Gasteiger partial charge in [0, 0.05) is 5.39 Å². The fourth-order valence-corrected chi connectivity index (χ4v) is 2.98. The number of benzene rings is 1. The third-order valence-corrected chi connectivity index (χ3v) is 4.12. The van der Waals surface area contributed by atoms with Crippen molar-refractivity contribution in [1.82, 2.24) is 9.97 Å². The summed E-state index contributed by atoms with van der Waals surface area (Å²) < 4.78 is 5.69. The number of hydrogen-bond donors (Lipinski definition) is 0. The van der Waals surface area contributed by atoms with Crippen LogP contribution in [0.15, 0.2) is 35.7 Å². The number of fused-ring (bicyclic) bond motifs is 1. The SMILES string of the molecule is CCc1ccc(OCc2nc(Cl)c3ccsc3n2)cc1. The minimum absolute atomic E-state index is 0.318. The van der Waals surface area contributed by atoms with Gasteiger partial charge in [-0.3, -0.25) is 0 Å². The van der Waals surface area contributed by atoms with Crippen LogP contribution < -0.4 is 4.74 Å². The van der Waals surface area contributed by atoms with E-state index in [0.717, 1.165) is 22.4 Å². The Hall–Kier alpha value is -1.65. The van der Waals surface area contributed by atoms with Crippen molar-refractivity contribution in [2.24, 2.45) is 0 Å². The van der Waals surface area contributed by atoms with Crippen LogP contribution in [-0.2, 0) is 13.0 Å². The van der Waals surface area contributed by atoms with Crippen LogP contribution in [0, 0.1) is 0 Å². The van der Waals surface area contributed by atoms with E-state index in [2.05, 4.69) is 29.0 Å². The molecule has 5 heteroatoms. The highest BCUT2D eigenvalue weighted by molar-refractivity contribution is 7.16. The monoisotopic (exact) mass is 304 g/mol. The first-order valence-electron chi connectivity index (χ1n) is 6.37. The van der Waals surface area contributed by atoms with Gasteiger partial charge in [0.2, 0.25) is 0 Å².